The van der Waals surface area contributed by atoms with Crippen LogP contribution in [0.5, 0.6) is 0 Å². The summed E-state index contributed by atoms with van der Waals surface area (Å²) in [4.78, 5) is 2.16. The molecule has 0 fully saturated rings. The fraction of sp³-hybridized carbons (Fsp3) is 0.538. The molecule has 0 aliphatic carbocycles. The Balaban J connectivity index is 2.49. The highest BCUT2D eigenvalue weighted by Crippen LogP contribution is 2.16. The first kappa shape index (κ1) is 13.0. The summed E-state index contributed by atoms with van der Waals surface area (Å²) in [5, 5.41) is 12.3. The molecule has 3 heteroatoms. The van der Waals surface area contributed by atoms with Gasteiger partial charge in [-0.25, -0.2) is 0 Å². The highest BCUT2D eigenvalue weighted by atomic mass is 16.2. The molecule has 0 atom stereocenters. The average molecular weight is 222 g/mol. The number of aliphatic hydroxyl groups excluding tert-OH is 1. The molecular formula is C13H22N2O. The van der Waals surface area contributed by atoms with E-state index >= 15 is 0 Å². The van der Waals surface area contributed by atoms with Crippen molar-refractivity contribution in [2.75, 3.05) is 39.1 Å². The number of aryl methyl sites for hydroxylation is 1. The van der Waals surface area contributed by atoms with Crippen molar-refractivity contribution in [2.45, 2.75) is 12.8 Å². The lowest BCUT2D eigenvalue weighted by Gasteiger charge is -2.14. The number of nitrogens with one attached hydrogen (secondary N) is 1. The Morgan fingerprint density at radius 2 is 2.00 bits per heavy atom. The molecule has 1 aromatic rings. The van der Waals surface area contributed by atoms with E-state index in [1.807, 2.05) is 12.1 Å². The number of likely N-dealkylation sites (N-methyl/N-ethyl adjacent to an activating group) is 1. The van der Waals surface area contributed by atoms with Gasteiger partial charge in [0.2, 0.25) is 0 Å². The fourth-order valence-corrected chi connectivity index (χ4v) is 1.59. The lowest BCUT2D eigenvalue weighted by molar-refractivity contribution is 0.288. The molecule has 0 bridgehead atoms. The van der Waals surface area contributed by atoms with E-state index in [1.54, 1.807) is 0 Å². The van der Waals surface area contributed by atoms with Gasteiger partial charge < -0.3 is 15.3 Å². The van der Waals surface area contributed by atoms with E-state index in [-0.39, 0.29) is 6.61 Å². The van der Waals surface area contributed by atoms with Crippen LogP contribution in [0.4, 0.5) is 5.69 Å². The quantitative estimate of drug-likeness (QED) is 0.735. The molecule has 0 aliphatic heterocycles. The molecule has 0 spiro atoms. The van der Waals surface area contributed by atoms with Crippen LogP contribution in [0, 0.1) is 0 Å². The summed E-state index contributed by atoms with van der Waals surface area (Å²) in [6.07, 6.45) is 1.76. The van der Waals surface area contributed by atoms with Crippen LogP contribution in [-0.2, 0) is 6.42 Å². The van der Waals surface area contributed by atoms with Gasteiger partial charge in [-0.05, 0) is 38.6 Å². The molecule has 2 N–H and O–H groups in total. The molecule has 0 saturated carbocycles. The van der Waals surface area contributed by atoms with E-state index in [9.17, 15) is 0 Å². The molecule has 0 amide bonds. The summed E-state index contributed by atoms with van der Waals surface area (Å²) in [7, 11) is 4.14. The number of nitrogens with zero attached hydrogens (tertiary/aromatic N) is 1. The minimum absolute atomic E-state index is 0.256. The Morgan fingerprint density at radius 1 is 1.25 bits per heavy atom. The Hall–Kier alpha value is -1.06. The zero-order chi connectivity index (χ0) is 11.8. The third kappa shape index (κ3) is 4.64. The molecule has 0 heterocycles. The van der Waals surface area contributed by atoms with E-state index in [1.165, 1.54) is 11.3 Å². The minimum Gasteiger partial charge on any atom is -0.396 e. The van der Waals surface area contributed by atoms with Gasteiger partial charge in [0.15, 0.2) is 0 Å². The standard InChI is InChI=1S/C13H22N2O/c1-15(2)10-9-14-13-8-4-3-6-12(13)7-5-11-16/h3-4,6,8,14,16H,5,7,9-11H2,1-2H3. The number of para-hydroxylation sites is 1. The van der Waals surface area contributed by atoms with Crippen LogP contribution >= 0.6 is 0 Å². The molecule has 16 heavy (non-hydrogen) atoms. The van der Waals surface area contributed by atoms with Crippen molar-refractivity contribution < 1.29 is 5.11 Å². The van der Waals surface area contributed by atoms with Crippen molar-refractivity contribution in [1.29, 1.82) is 0 Å². The molecule has 0 saturated heterocycles. The van der Waals surface area contributed by atoms with Gasteiger partial charge in [0.05, 0.1) is 0 Å². The van der Waals surface area contributed by atoms with Gasteiger partial charge >= 0.3 is 0 Å². The highest BCUT2D eigenvalue weighted by Gasteiger charge is 2.00. The van der Waals surface area contributed by atoms with Gasteiger partial charge in [-0.1, -0.05) is 18.2 Å². The predicted molar refractivity (Wildman–Crippen MR) is 68.9 cm³/mol. The van der Waals surface area contributed by atoms with E-state index in [0.717, 1.165) is 25.9 Å². The molecular weight excluding hydrogens is 200 g/mol. The third-order valence-corrected chi connectivity index (χ3v) is 2.50. The van der Waals surface area contributed by atoms with Crippen molar-refractivity contribution in [1.82, 2.24) is 4.90 Å². The molecule has 0 unspecified atom stereocenters. The van der Waals surface area contributed by atoms with Gasteiger partial charge in [0, 0.05) is 25.4 Å². The largest absolute Gasteiger partial charge is 0.396 e. The number of benzene rings is 1. The molecule has 1 rings (SSSR count). The summed E-state index contributed by atoms with van der Waals surface area (Å²) in [5.74, 6) is 0. The average Bonchev–Trinajstić information content (AvgIpc) is 2.27. The van der Waals surface area contributed by atoms with Crippen LogP contribution in [-0.4, -0.2) is 43.8 Å². The van der Waals surface area contributed by atoms with Crippen molar-refractivity contribution in [2.24, 2.45) is 0 Å². The summed E-state index contributed by atoms with van der Waals surface area (Å²) in [6.45, 7) is 2.23. The first-order valence-electron chi connectivity index (χ1n) is 5.81. The molecule has 1 aromatic carbocycles. The normalized spacial score (nSPS) is 10.8. The Labute approximate surface area is 98.1 Å². The van der Waals surface area contributed by atoms with E-state index < -0.39 is 0 Å². The van der Waals surface area contributed by atoms with E-state index in [2.05, 4.69) is 36.4 Å². The second-order valence-electron chi connectivity index (χ2n) is 4.21. The highest BCUT2D eigenvalue weighted by molar-refractivity contribution is 5.51. The number of rotatable bonds is 7. The summed E-state index contributed by atoms with van der Waals surface area (Å²) in [5.41, 5.74) is 2.48. The third-order valence-electron chi connectivity index (χ3n) is 2.50. The number of hydrogen-bond donors (Lipinski definition) is 2. The maximum Gasteiger partial charge on any atom is 0.0434 e. The van der Waals surface area contributed by atoms with Gasteiger partial charge in [0.25, 0.3) is 0 Å². The summed E-state index contributed by atoms with van der Waals surface area (Å²) >= 11 is 0. The SMILES string of the molecule is CN(C)CCNc1ccccc1CCCO. The Bertz CT molecular complexity index is 300. The monoisotopic (exact) mass is 222 g/mol. The van der Waals surface area contributed by atoms with E-state index in [0.29, 0.717) is 0 Å². The molecule has 0 radical (unpaired) electrons. The number of anilines is 1. The fourth-order valence-electron chi connectivity index (χ4n) is 1.59. The Morgan fingerprint density at radius 3 is 2.69 bits per heavy atom. The van der Waals surface area contributed by atoms with E-state index in [4.69, 9.17) is 5.11 Å². The Kier molecular flexibility index (Phi) is 5.90. The van der Waals surface area contributed by atoms with Crippen molar-refractivity contribution in [3.05, 3.63) is 29.8 Å². The van der Waals surface area contributed by atoms with Crippen LogP contribution in [0.2, 0.25) is 0 Å². The van der Waals surface area contributed by atoms with Gasteiger partial charge in [-0.2, -0.15) is 0 Å². The number of aliphatic hydroxyl groups is 1. The lowest BCUT2D eigenvalue weighted by atomic mass is 10.1. The van der Waals surface area contributed by atoms with Crippen molar-refractivity contribution >= 4 is 5.69 Å². The van der Waals surface area contributed by atoms with Crippen LogP contribution in [0.1, 0.15) is 12.0 Å². The second-order valence-corrected chi connectivity index (χ2v) is 4.21. The molecule has 0 aliphatic rings. The zero-order valence-electron chi connectivity index (χ0n) is 10.2. The molecule has 3 nitrogen and oxygen atoms in total. The second kappa shape index (κ2) is 7.25. The van der Waals surface area contributed by atoms with Crippen LogP contribution in [0.25, 0.3) is 0 Å². The smallest absolute Gasteiger partial charge is 0.0434 e. The topological polar surface area (TPSA) is 35.5 Å². The molecule has 0 aromatic heterocycles. The molecule has 90 valence electrons. The van der Waals surface area contributed by atoms with Crippen molar-refractivity contribution in [3.8, 4) is 0 Å². The maximum atomic E-state index is 8.84. The first-order chi connectivity index (χ1) is 7.74. The van der Waals surface area contributed by atoms with Crippen molar-refractivity contribution in [3.63, 3.8) is 0 Å². The number of hydrogen-bond acceptors (Lipinski definition) is 3. The first-order valence-corrected chi connectivity index (χ1v) is 5.81. The lowest BCUT2D eigenvalue weighted by Crippen LogP contribution is -2.21. The zero-order valence-corrected chi connectivity index (χ0v) is 10.2. The summed E-state index contributed by atoms with van der Waals surface area (Å²) in [6, 6.07) is 8.31. The van der Waals surface area contributed by atoms with Gasteiger partial charge in [-0.3, -0.25) is 0 Å². The van der Waals surface area contributed by atoms with Gasteiger partial charge in [-0.15, -0.1) is 0 Å². The van der Waals surface area contributed by atoms with Gasteiger partial charge in [0.1, 0.15) is 0 Å². The maximum absolute atomic E-state index is 8.84. The van der Waals surface area contributed by atoms with Crippen LogP contribution in [0.3, 0.4) is 0 Å². The van der Waals surface area contributed by atoms with Crippen LogP contribution in [0.15, 0.2) is 24.3 Å². The predicted octanol–water partition coefficient (Wildman–Crippen LogP) is 1.58. The summed E-state index contributed by atoms with van der Waals surface area (Å²) < 4.78 is 0. The minimum atomic E-state index is 0.256. The van der Waals surface area contributed by atoms with Crippen LogP contribution < -0.4 is 5.32 Å².